The predicted molar refractivity (Wildman–Crippen MR) is 68.5 cm³/mol. The van der Waals surface area contributed by atoms with E-state index in [1.54, 1.807) is 6.92 Å². The van der Waals surface area contributed by atoms with E-state index in [0.29, 0.717) is 6.54 Å². The summed E-state index contributed by atoms with van der Waals surface area (Å²) < 4.78 is 40.1. The number of anilines is 1. The van der Waals surface area contributed by atoms with Crippen LogP contribution in [0.5, 0.6) is 0 Å². The predicted octanol–water partition coefficient (Wildman–Crippen LogP) is 2.34. The molecule has 2 rings (SSSR count). The molecule has 0 unspecified atom stereocenters. The first-order chi connectivity index (χ1) is 9.32. The van der Waals surface area contributed by atoms with Gasteiger partial charge in [0.25, 0.3) is 0 Å². The number of aromatic amines is 1. The number of aromatic nitrogens is 3. The topological polar surface area (TPSA) is 76.7 Å². The maximum Gasteiger partial charge on any atom is 0.417 e. The Morgan fingerprint density at radius 2 is 2.15 bits per heavy atom. The number of nitrogens with zero attached hydrogens (tertiary/aromatic N) is 2. The molecule has 0 saturated heterocycles. The Bertz CT molecular complexity index is 677. The van der Waals surface area contributed by atoms with Crippen molar-refractivity contribution in [1.82, 2.24) is 14.8 Å². The van der Waals surface area contributed by atoms with E-state index in [-0.39, 0.29) is 15.7 Å². The summed E-state index contributed by atoms with van der Waals surface area (Å²) in [6.45, 7) is 2.02. The van der Waals surface area contributed by atoms with Crippen molar-refractivity contribution < 1.29 is 13.2 Å². The molecule has 1 aromatic heterocycles. The van der Waals surface area contributed by atoms with E-state index in [1.807, 2.05) is 0 Å². The van der Waals surface area contributed by atoms with Gasteiger partial charge >= 0.3 is 11.9 Å². The summed E-state index contributed by atoms with van der Waals surface area (Å²) in [6.07, 6.45) is -4.52. The number of nitrogens with one attached hydrogen (secondary N) is 1. The van der Waals surface area contributed by atoms with Crippen LogP contribution in [0.1, 0.15) is 12.5 Å². The first-order valence-corrected chi connectivity index (χ1v) is 6.44. The minimum absolute atomic E-state index is 0.0246. The molecule has 9 heteroatoms. The molecule has 3 N–H and O–H groups in total. The highest BCUT2D eigenvalue weighted by Crippen LogP contribution is 2.39. The Balaban J connectivity index is 2.46. The van der Waals surface area contributed by atoms with Gasteiger partial charge < -0.3 is 5.73 Å². The number of nitrogens with two attached hydrogens (primary N) is 1. The summed E-state index contributed by atoms with van der Waals surface area (Å²) in [5.74, 6) is 0. The molecule has 0 saturated carbocycles. The Morgan fingerprint density at radius 3 is 2.75 bits per heavy atom. The average Bonchev–Trinajstić information content (AvgIpc) is 2.71. The first kappa shape index (κ1) is 14.5. The summed E-state index contributed by atoms with van der Waals surface area (Å²) >= 11 is 0.767. The van der Waals surface area contributed by atoms with E-state index in [4.69, 9.17) is 5.73 Å². The monoisotopic (exact) mass is 304 g/mol. The molecule has 0 amide bonds. The van der Waals surface area contributed by atoms with Gasteiger partial charge in [-0.05, 0) is 36.9 Å². The number of hydrogen-bond acceptors (Lipinski definition) is 4. The van der Waals surface area contributed by atoms with Crippen LogP contribution in [0, 0.1) is 0 Å². The van der Waals surface area contributed by atoms with Crippen LogP contribution in [0.15, 0.2) is 33.0 Å². The minimum Gasteiger partial charge on any atom is -0.399 e. The summed E-state index contributed by atoms with van der Waals surface area (Å²) in [7, 11) is 0. The van der Waals surface area contributed by atoms with Crippen molar-refractivity contribution in [3.8, 4) is 0 Å². The third-order valence-corrected chi connectivity index (χ3v) is 3.62. The Hall–Kier alpha value is -1.90. The van der Waals surface area contributed by atoms with Gasteiger partial charge in [-0.2, -0.15) is 13.2 Å². The molecule has 5 nitrogen and oxygen atoms in total. The maximum atomic E-state index is 13.0. The molecule has 20 heavy (non-hydrogen) atoms. The van der Waals surface area contributed by atoms with Gasteiger partial charge in [-0.25, -0.2) is 9.89 Å². The van der Waals surface area contributed by atoms with Gasteiger partial charge in [0.1, 0.15) is 0 Å². The number of H-pyrrole nitrogens is 1. The van der Waals surface area contributed by atoms with Gasteiger partial charge in [-0.15, -0.1) is 5.10 Å². The summed E-state index contributed by atoms with van der Waals surface area (Å²) in [5.41, 5.74) is 4.11. The third-order valence-electron chi connectivity index (χ3n) is 2.55. The van der Waals surface area contributed by atoms with E-state index >= 15 is 0 Å². The van der Waals surface area contributed by atoms with Crippen molar-refractivity contribution in [3.63, 3.8) is 0 Å². The fourth-order valence-electron chi connectivity index (χ4n) is 1.62. The number of halogens is 3. The molecule has 0 radical (unpaired) electrons. The van der Waals surface area contributed by atoms with Crippen molar-refractivity contribution in [1.29, 1.82) is 0 Å². The molecular weight excluding hydrogens is 293 g/mol. The van der Waals surface area contributed by atoms with Crippen molar-refractivity contribution in [2.45, 2.75) is 29.7 Å². The van der Waals surface area contributed by atoms with Gasteiger partial charge in [0.05, 0.1) is 5.56 Å². The van der Waals surface area contributed by atoms with Gasteiger partial charge in [0.15, 0.2) is 5.16 Å². The number of hydrogen-bond donors (Lipinski definition) is 2. The molecule has 1 heterocycles. The van der Waals surface area contributed by atoms with Crippen molar-refractivity contribution >= 4 is 17.4 Å². The highest BCUT2D eigenvalue weighted by molar-refractivity contribution is 7.99. The van der Waals surface area contributed by atoms with E-state index in [9.17, 15) is 18.0 Å². The molecule has 0 spiro atoms. The smallest absolute Gasteiger partial charge is 0.399 e. The molecule has 2 aromatic rings. The van der Waals surface area contributed by atoms with Gasteiger partial charge in [-0.3, -0.25) is 4.57 Å². The van der Waals surface area contributed by atoms with E-state index < -0.39 is 17.4 Å². The van der Waals surface area contributed by atoms with Crippen molar-refractivity contribution in [2.24, 2.45) is 0 Å². The Labute approximate surface area is 116 Å². The van der Waals surface area contributed by atoms with Crippen LogP contribution in [-0.4, -0.2) is 14.8 Å². The highest BCUT2D eigenvalue weighted by atomic mass is 32.2. The van der Waals surface area contributed by atoms with Crippen molar-refractivity contribution in [3.05, 3.63) is 34.2 Å². The van der Waals surface area contributed by atoms with Crippen molar-refractivity contribution in [2.75, 3.05) is 5.73 Å². The number of benzene rings is 1. The average molecular weight is 304 g/mol. The summed E-state index contributed by atoms with van der Waals surface area (Å²) in [4.78, 5) is 11.3. The minimum atomic E-state index is -4.52. The fraction of sp³-hybridized carbons (Fsp3) is 0.273. The largest absolute Gasteiger partial charge is 0.417 e. The van der Waals surface area contributed by atoms with Crippen LogP contribution in [0.3, 0.4) is 0 Å². The van der Waals surface area contributed by atoms with Gasteiger partial charge in [0.2, 0.25) is 0 Å². The molecule has 108 valence electrons. The molecule has 0 aliphatic rings. The van der Waals surface area contributed by atoms with Gasteiger partial charge in [-0.1, -0.05) is 0 Å². The number of rotatable bonds is 3. The zero-order chi connectivity index (χ0) is 14.9. The van der Waals surface area contributed by atoms with Crippen LogP contribution in [0.2, 0.25) is 0 Å². The van der Waals surface area contributed by atoms with Crippen LogP contribution in [-0.2, 0) is 12.7 Å². The fourth-order valence-corrected chi connectivity index (χ4v) is 2.65. The normalized spacial score (nSPS) is 11.8. The van der Waals surface area contributed by atoms with Gasteiger partial charge in [0, 0.05) is 17.1 Å². The maximum absolute atomic E-state index is 13.0. The molecule has 0 aliphatic heterocycles. The Kier molecular flexibility index (Phi) is 3.80. The second-order valence-corrected chi connectivity index (χ2v) is 4.92. The van der Waals surface area contributed by atoms with E-state index in [1.165, 1.54) is 16.7 Å². The van der Waals surface area contributed by atoms with Crippen LogP contribution in [0.4, 0.5) is 18.9 Å². The zero-order valence-electron chi connectivity index (χ0n) is 10.4. The Morgan fingerprint density at radius 1 is 1.45 bits per heavy atom. The molecule has 0 atom stereocenters. The second kappa shape index (κ2) is 5.23. The standard InChI is InChI=1S/C11H11F3N4OS/c1-2-18-9(19)16-17-10(18)20-8-4-3-6(15)5-7(8)11(12,13)14/h3-5H,2,15H2,1H3,(H,16,19). The molecule has 0 fully saturated rings. The third kappa shape index (κ3) is 2.82. The highest BCUT2D eigenvalue weighted by Gasteiger charge is 2.34. The lowest BCUT2D eigenvalue weighted by atomic mass is 10.2. The van der Waals surface area contributed by atoms with Crippen LogP contribution >= 0.6 is 11.8 Å². The number of nitrogen functional groups attached to an aromatic ring is 1. The van der Waals surface area contributed by atoms with Crippen LogP contribution in [0.25, 0.3) is 0 Å². The first-order valence-electron chi connectivity index (χ1n) is 5.62. The lowest BCUT2D eigenvalue weighted by Crippen LogP contribution is -2.16. The molecule has 0 aliphatic carbocycles. The summed E-state index contributed by atoms with van der Waals surface area (Å²) in [6, 6.07) is 3.50. The molecular formula is C11H11F3N4OS. The second-order valence-electron chi connectivity index (χ2n) is 3.91. The molecule has 1 aromatic carbocycles. The number of alkyl halides is 3. The molecule has 0 bridgehead atoms. The zero-order valence-corrected chi connectivity index (χ0v) is 11.2. The van der Waals surface area contributed by atoms with E-state index in [0.717, 1.165) is 17.8 Å². The van der Waals surface area contributed by atoms with E-state index in [2.05, 4.69) is 10.2 Å². The quantitative estimate of drug-likeness (QED) is 0.853. The lowest BCUT2D eigenvalue weighted by Gasteiger charge is -2.12. The summed E-state index contributed by atoms with van der Waals surface area (Å²) in [5, 5.41) is 6.10. The van der Waals surface area contributed by atoms with Crippen LogP contribution < -0.4 is 11.4 Å². The lowest BCUT2D eigenvalue weighted by molar-refractivity contribution is -0.139. The SMILES string of the molecule is CCn1c(Sc2ccc(N)cc2C(F)(F)F)n[nH]c1=O.